The SMILES string of the molecule is CN=C(NCC1CCCN(C)C1c1cccs1)N1CCOC(C2CCCO2)C1. The highest BCUT2D eigenvalue weighted by Crippen LogP contribution is 2.36. The number of guanidine groups is 1. The second-order valence-electron chi connectivity index (χ2n) is 8.18. The Kier molecular flexibility index (Phi) is 6.88. The molecular weight excluding hydrogens is 372 g/mol. The second-order valence-corrected chi connectivity index (χ2v) is 9.16. The highest BCUT2D eigenvalue weighted by molar-refractivity contribution is 7.10. The maximum Gasteiger partial charge on any atom is 0.193 e. The summed E-state index contributed by atoms with van der Waals surface area (Å²) in [5, 5.41) is 5.88. The van der Waals surface area contributed by atoms with Crippen LogP contribution in [0.5, 0.6) is 0 Å². The molecule has 1 N–H and O–H groups in total. The number of morpholine rings is 1. The van der Waals surface area contributed by atoms with E-state index < -0.39 is 0 Å². The van der Waals surface area contributed by atoms with Gasteiger partial charge in [0, 0.05) is 44.2 Å². The third kappa shape index (κ3) is 4.53. The van der Waals surface area contributed by atoms with Gasteiger partial charge in [-0.15, -0.1) is 11.3 Å². The van der Waals surface area contributed by atoms with Gasteiger partial charge in [0.25, 0.3) is 0 Å². The molecule has 0 amide bonds. The van der Waals surface area contributed by atoms with Gasteiger partial charge in [-0.1, -0.05) is 6.07 Å². The number of thiophene rings is 1. The lowest BCUT2D eigenvalue weighted by molar-refractivity contribution is -0.0817. The van der Waals surface area contributed by atoms with E-state index in [1.807, 2.05) is 18.4 Å². The fourth-order valence-electron chi connectivity index (χ4n) is 4.93. The van der Waals surface area contributed by atoms with Crippen LogP contribution < -0.4 is 5.32 Å². The van der Waals surface area contributed by atoms with Crippen molar-refractivity contribution in [3.63, 3.8) is 0 Å². The Morgan fingerprint density at radius 3 is 2.86 bits per heavy atom. The first-order chi connectivity index (χ1) is 13.8. The molecule has 0 aliphatic carbocycles. The monoisotopic (exact) mass is 406 g/mol. The number of rotatable bonds is 4. The standard InChI is InChI=1S/C21H34N4O2S/c1-22-21(25-10-12-27-18(15-25)17-7-4-11-26-17)23-14-16-6-3-9-24(2)20(16)19-8-5-13-28-19/h5,8,13,16-18,20H,3-4,6-7,9-12,14-15H2,1-2H3,(H,22,23). The summed E-state index contributed by atoms with van der Waals surface area (Å²) in [7, 11) is 4.15. The molecule has 156 valence electrons. The lowest BCUT2D eigenvalue weighted by Gasteiger charge is -2.40. The molecule has 0 radical (unpaired) electrons. The van der Waals surface area contributed by atoms with Crippen LogP contribution in [0.25, 0.3) is 0 Å². The van der Waals surface area contributed by atoms with Crippen LogP contribution in [0.2, 0.25) is 0 Å². The minimum absolute atomic E-state index is 0.162. The maximum atomic E-state index is 6.01. The van der Waals surface area contributed by atoms with E-state index in [1.165, 1.54) is 24.3 Å². The Hall–Kier alpha value is -1.15. The summed E-state index contributed by atoms with van der Waals surface area (Å²) in [5.41, 5.74) is 0. The van der Waals surface area contributed by atoms with Crippen LogP contribution in [0.3, 0.4) is 0 Å². The average Bonchev–Trinajstić information content (AvgIpc) is 3.43. The van der Waals surface area contributed by atoms with E-state index in [0.29, 0.717) is 12.0 Å². The summed E-state index contributed by atoms with van der Waals surface area (Å²) in [6, 6.07) is 4.96. The molecule has 7 heteroatoms. The number of hydrogen-bond donors (Lipinski definition) is 1. The van der Waals surface area contributed by atoms with Gasteiger partial charge >= 0.3 is 0 Å². The first kappa shape index (κ1) is 20.1. The van der Waals surface area contributed by atoms with Crippen molar-refractivity contribution in [1.82, 2.24) is 15.1 Å². The van der Waals surface area contributed by atoms with E-state index in [4.69, 9.17) is 9.47 Å². The number of piperidine rings is 1. The van der Waals surface area contributed by atoms with Gasteiger partial charge in [0.05, 0.1) is 12.7 Å². The van der Waals surface area contributed by atoms with E-state index in [1.54, 1.807) is 0 Å². The van der Waals surface area contributed by atoms with Gasteiger partial charge in [0.2, 0.25) is 0 Å². The number of likely N-dealkylation sites (tertiary alicyclic amines) is 1. The second kappa shape index (κ2) is 9.57. The van der Waals surface area contributed by atoms with Crippen molar-refractivity contribution in [3.8, 4) is 0 Å². The summed E-state index contributed by atoms with van der Waals surface area (Å²) in [6.07, 6.45) is 5.20. The van der Waals surface area contributed by atoms with Crippen LogP contribution in [0, 0.1) is 5.92 Å². The Morgan fingerprint density at radius 1 is 1.21 bits per heavy atom. The molecule has 1 aromatic rings. The van der Waals surface area contributed by atoms with E-state index in [9.17, 15) is 0 Å². The molecule has 6 nitrogen and oxygen atoms in total. The molecule has 0 bridgehead atoms. The van der Waals surface area contributed by atoms with E-state index in [2.05, 4.69) is 44.7 Å². The molecular formula is C21H34N4O2S. The van der Waals surface area contributed by atoms with Crippen LogP contribution in [-0.4, -0.2) is 81.5 Å². The van der Waals surface area contributed by atoms with Gasteiger partial charge in [-0.3, -0.25) is 9.89 Å². The number of nitrogens with zero attached hydrogens (tertiary/aromatic N) is 3. The lowest BCUT2D eigenvalue weighted by atomic mass is 9.88. The predicted octanol–water partition coefficient (Wildman–Crippen LogP) is 2.59. The molecule has 0 spiro atoms. The van der Waals surface area contributed by atoms with Crippen LogP contribution in [0.4, 0.5) is 0 Å². The van der Waals surface area contributed by atoms with Crippen molar-refractivity contribution in [3.05, 3.63) is 22.4 Å². The van der Waals surface area contributed by atoms with Gasteiger partial charge in [-0.2, -0.15) is 0 Å². The number of hydrogen-bond acceptors (Lipinski definition) is 5. The molecule has 3 fully saturated rings. The van der Waals surface area contributed by atoms with Gasteiger partial charge < -0.3 is 19.7 Å². The molecule has 0 aromatic carbocycles. The zero-order valence-corrected chi connectivity index (χ0v) is 18.0. The van der Waals surface area contributed by atoms with E-state index in [0.717, 1.165) is 51.6 Å². The molecule has 4 atom stereocenters. The number of ether oxygens (including phenoxy) is 2. The lowest BCUT2D eigenvalue weighted by Crippen LogP contribution is -2.54. The molecule has 4 unspecified atom stereocenters. The Morgan fingerprint density at radius 2 is 2.11 bits per heavy atom. The molecule has 3 aliphatic rings. The molecule has 3 saturated heterocycles. The van der Waals surface area contributed by atoms with Crippen molar-refractivity contribution < 1.29 is 9.47 Å². The van der Waals surface area contributed by atoms with E-state index in [-0.39, 0.29) is 12.2 Å². The molecule has 4 heterocycles. The third-order valence-electron chi connectivity index (χ3n) is 6.35. The fraction of sp³-hybridized carbons (Fsp3) is 0.762. The van der Waals surface area contributed by atoms with Crippen molar-refractivity contribution in [2.45, 2.75) is 43.9 Å². The largest absolute Gasteiger partial charge is 0.375 e. The van der Waals surface area contributed by atoms with Crippen molar-refractivity contribution in [2.24, 2.45) is 10.9 Å². The molecule has 28 heavy (non-hydrogen) atoms. The van der Waals surface area contributed by atoms with Crippen LogP contribution in [-0.2, 0) is 9.47 Å². The smallest absolute Gasteiger partial charge is 0.193 e. The van der Waals surface area contributed by atoms with Gasteiger partial charge in [0.15, 0.2) is 5.96 Å². The minimum Gasteiger partial charge on any atom is -0.375 e. The quantitative estimate of drug-likeness (QED) is 0.615. The zero-order chi connectivity index (χ0) is 19.3. The summed E-state index contributed by atoms with van der Waals surface area (Å²) >= 11 is 1.88. The zero-order valence-electron chi connectivity index (χ0n) is 17.2. The van der Waals surface area contributed by atoms with Crippen LogP contribution in [0.15, 0.2) is 22.5 Å². The van der Waals surface area contributed by atoms with Gasteiger partial charge in [-0.25, -0.2) is 0 Å². The highest BCUT2D eigenvalue weighted by atomic mass is 32.1. The average molecular weight is 407 g/mol. The summed E-state index contributed by atoms with van der Waals surface area (Å²) < 4.78 is 11.9. The number of aliphatic imine (C=N–C) groups is 1. The molecule has 4 rings (SSSR count). The van der Waals surface area contributed by atoms with Crippen LogP contribution in [0.1, 0.15) is 36.6 Å². The summed E-state index contributed by atoms with van der Waals surface area (Å²) in [5.74, 6) is 1.61. The van der Waals surface area contributed by atoms with Crippen molar-refractivity contribution in [1.29, 1.82) is 0 Å². The topological polar surface area (TPSA) is 49.3 Å². The Balaban J connectivity index is 1.36. The molecule has 0 saturated carbocycles. The molecule has 3 aliphatic heterocycles. The summed E-state index contributed by atoms with van der Waals surface area (Å²) in [6.45, 7) is 5.51. The van der Waals surface area contributed by atoms with E-state index >= 15 is 0 Å². The maximum absolute atomic E-state index is 6.01. The molecule has 1 aromatic heterocycles. The highest BCUT2D eigenvalue weighted by Gasteiger charge is 2.34. The van der Waals surface area contributed by atoms with Crippen molar-refractivity contribution >= 4 is 17.3 Å². The normalized spacial score (nSPS) is 32.6. The Labute approximate surface area is 172 Å². The van der Waals surface area contributed by atoms with Gasteiger partial charge in [-0.05, 0) is 56.6 Å². The van der Waals surface area contributed by atoms with Crippen LogP contribution >= 0.6 is 11.3 Å². The first-order valence-corrected chi connectivity index (χ1v) is 11.6. The van der Waals surface area contributed by atoms with Crippen molar-refractivity contribution in [2.75, 3.05) is 53.5 Å². The third-order valence-corrected chi connectivity index (χ3v) is 7.29. The predicted molar refractivity (Wildman–Crippen MR) is 114 cm³/mol. The van der Waals surface area contributed by atoms with Gasteiger partial charge in [0.1, 0.15) is 6.10 Å². The number of nitrogens with one attached hydrogen (secondary N) is 1. The minimum atomic E-state index is 0.162. The summed E-state index contributed by atoms with van der Waals surface area (Å²) in [4.78, 5) is 10.9. The fourth-order valence-corrected chi connectivity index (χ4v) is 5.91. The first-order valence-electron chi connectivity index (χ1n) is 10.7. The Bertz CT molecular complexity index is 632.